The predicted molar refractivity (Wildman–Crippen MR) is 94.3 cm³/mol. The number of hydrogen-bond acceptors (Lipinski definition) is 7. The fraction of sp³-hybridized carbons (Fsp3) is 0.714. The molecule has 162 valence electrons. The summed E-state index contributed by atoms with van der Waals surface area (Å²) in [4.78, 5) is 53.0. The first-order chi connectivity index (χ1) is 12.9. The molecule has 0 saturated heterocycles. The third kappa shape index (κ3) is 13.2. The number of rotatable bonds is 16. The first-order valence-electron chi connectivity index (χ1n) is 8.39. The van der Waals surface area contributed by atoms with Gasteiger partial charge in [-0.05, 0) is 25.7 Å². The van der Waals surface area contributed by atoms with Crippen LogP contribution in [0.15, 0.2) is 0 Å². The van der Waals surface area contributed by atoms with E-state index in [1.165, 1.54) is 0 Å². The summed E-state index contributed by atoms with van der Waals surface area (Å²) in [6.45, 7) is 0.0236. The number of aliphatic carboxylic acids is 3. The van der Waals surface area contributed by atoms with Crippen LogP contribution >= 0.6 is 7.75 Å². The minimum Gasteiger partial charge on any atom is -0.481 e. The van der Waals surface area contributed by atoms with Gasteiger partial charge in [-0.2, -0.15) is 0 Å². The van der Waals surface area contributed by atoms with Crippen molar-refractivity contribution in [1.82, 2.24) is 10.4 Å². The van der Waals surface area contributed by atoms with E-state index in [-0.39, 0.29) is 38.3 Å². The van der Waals surface area contributed by atoms with Crippen molar-refractivity contribution in [3.63, 3.8) is 0 Å². The summed E-state index contributed by atoms with van der Waals surface area (Å²) in [7, 11) is -4.44. The van der Waals surface area contributed by atoms with Gasteiger partial charge in [0.2, 0.25) is 5.91 Å². The Bertz CT molecular complexity index is 600. The van der Waals surface area contributed by atoms with Gasteiger partial charge in [0.15, 0.2) is 0 Å². The SMILES string of the molecule is N[C@@H](CCC(=O)NCCCCOP(=O)(O)N[C@H](CCC(=O)O)C(=O)O)C(=O)O. The molecule has 0 saturated carbocycles. The quantitative estimate of drug-likeness (QED) is 0.117. The highest BCUT2D eigenvalue weighted by atomic mass is 31.2. The number of carboxylic acid groups (broad SMARTS) is 3. The number of nitrogens with one attached hydrogen (secondary N) is 2. The van der Waals surface area contributed by atoms with Crippen LogP contribution in [0.2, 0.25) is 0 Å². The van der Waals surface area contributed by atoms with Gasteiger partial charge in [-0.3, -0.25) is 23.7 Å². The molecule has 13 nitrogen and oxygen atoms in total. The molecule has 0 spiro atoms. The Morgan fingerprint density at radius 2 is 1.64 bits per heavy atom. The number of unbranched alkanes of at least 4 members (excludes halogenated alkanes) is 1. The van der Waals surface area contributed by atoms with E-state index in [4.69, 9.17) is 25.6 Å². The van der Waals surface area contributed by atoms with Crippen LogP contribution in [0.25, 0.3) is 0 Å². The van der Waals surface area contributed by atoms with Gasteiger partial charge in [-0.1, -0.05) is 0 Å². The van der Waals surface area contributed by atoms with Gasteiger partial charge in [0.05, 0.1) is 6.61 Å². The minimum atomic E-state index is -4.44. The van der Waals surface area contributed by atoms with E-state index < -0.39 is 50.6 Å². The van der Waals surface area contributed by atoms with Crippen molar-refractivity contribution in [2.45, 2.75) is 50.6 Å². The minimum absolute atomic E-state index is 0.00371. The topological polar surface area (TPSA) is 226 Å². The molecule has 1 unspecified atom stereocenters. The van der Waals surface area contributed by atoms with E-state index >= 15 is 0 Å². The number of hydrogen-bond donors (Lipinski definition) is 7. The summed E-state index contributed by atoms with van der Waals surface area (Å²) in [5, 5.41) is 30.5. The molecule has 3 atom stereocenters. The van der Waals surface area contributed by atoms with Gasteiger partial charge >= 0.3 is 25.7 Å². The van der Waals surface area contributed by atoms with E-state index in [1.54, 1.807) is 0 Å². The van der Waals surface area contributed by atoms with Crippen molar-refractivity contribution in [1.29, 1.82) is 0 Å². The lowest BCUT2D eigenvalue weighted by Crippen LogP contribution is -2.35. The van der Waals surface area contributed by atoms with Gasteiger partial charge in [-0.25, -0.2) is 9.65 Å². The molecule has 14 heteroatoms. The molecule has 0 heterocycles. The zero-order chi connectivity index (χ0) is 21.7. The summed E-state index contributed by atoms with van der Waals surface area (Å²) in [5.41, 5.74) is 5.27. The highest BCUT2D eigenvalue weighted by Crippen LogP contribution is 2.38. The number of carbonyl (C=O) groups excluding carboxylic acids is 1. The Morgan fingerprint density at radius 3 is 2.18 bits per heavy atom. The Labute approximate surface area is 160 Å². The fourth-order valence-electron chi connectivity index (χ4n) is 1.89. The first-order valence-corrected chi connectivity index (χ1v) is 9.97. The lowest BCUT2D eigenvalue weighted by Gasteiger charge is -2.18. The van der Waals surface area contributed by atoms with E-state index in [0.717, 1.165) is 0 Å². The first kappa shape index (κ1) is 26.0. The van der Waals surface area contributed by atoms with E-state index in [1.807, 2.05) is 5.09 Å². The van der Waals surface area contributed by atoms with Crippen LogP contribution in [-0.2, 0) is 28.3 Å². The number of carbonyl (C=O) groups is 4. The van der Waals surface area contributed by atoms with Crippen molar-refractivity contribution in [2.75, 3.05) is 13.2 Å². The molecule has 0 aromatic carbocycles. The largest absolute Gasteiger partial charge is 0.481 e. The third-order valence-corrected chi connectivity index (χ3v) is 4.59. The average Bonchev–Trinajstić information content (AvgIpc) is 2.58. The molecule has 0 fully saturated rings. The molecule has 0 rings (SSSR count). The van der Waals surface area contributed by atoms with Crippen LogP contribution in [0, 0.1) is 0 Å². The zero-order valence-electron chi connectivity index (χ0n) is 15.1. The lowest BCUT2D eigenvalue weighted by atomic mass is 10.1. The second-order valence-corrected chi connectivity index (χ2v) is 7.40. The van der Waals surface area contributed by atoms with E-state index in [9.17, 15) is 28.6 Å². The molecule has 28 heavy (non-hydrogen) atoms. The molecule has 0 aliphatic heterocycles. The van der Waals surface area contributed by atoms with Crippen LogP contribution in [0.3, 0.4) is 0 Å². The average molecular weight is 427 g/mol. The maximum Gasteiger partial charge on any atom is 0.403 e. The van der Waals surface area contributed by atoms with Gasteiger partial charge < -0.3 is 31.3 Å². The van der Waals surface area contributed by atoms with Crippen LogP contribution in [0.5, 0.6) is 0 Å². The Morgan fingerprint density at radius 1 is 1.00 bits per heavy atom. The van der Waals surface area contributed by atoms with Crippen molar-refractivity contribution in [2.24, 2.45) is 5.73 Å². The molecule has 0 aromatic heterocycles. The van der Waals surface area contributed by atoms with E-state index in [0.29, 0.717) is 6.42 Å². The van der Waals surface area contributed by atoms with Crippen molar-refractivity contribution in [3.8, 4) is 0 Å². The summed E-state index contributed by atoms with van der Waals surface area (Å²) >= 11 is 0. The Hall–Kier alpha value is -2.05. The van der Waals surface area contributed by atoms with Crippen LogP contribution in [-0.4, -0.2) is 69.3 Å². The predicted octanol–water partition coefficient (Wildman–Crippen LogP) is -0.900. The Kier molecular flexibility index (Phi) is 12.2. The summed E-state index contributed by atoms with van der Waals surface area (Å²) in [5.74, 6) is -4.30. The molecule has 0 aliphatic rings. The van der Waals surface area contributed by atoms with Gasteiger partial charge in [0.25, 0.3) is 0 Å². The normalized spacial score (nSPS) is 15.2. The van der Waals surface area contributed by atoms with Crippen LogP contribution in [0.4, 0.5) is 0 Å². The number of carboxylic acids is 3. The highest BCUT2D eigenvalue weighted by Gasteiger charge is 2.29. The van der Waals surface area contributed by atoms with Gasteiger partial charge in [0, 0.05) is 19.4 Å². The maximum atomic E-state index is 11.8. The molecule has 0 aliphatic carbocycles. The second kappa shape index (κ2) is 13.2. The second-order valence-electron chi connectivity index (χ2n) is 5.85. The maximum absolute atomic E-state index is 11.8. The Balaban J connectivity index is 4.03. The third-order valence-electron chi connectivity index (χ3n) is 3.42. The highest BCUT2D eigenvalue weighted by molar-refractivity contribution is 7.50. The molecule has 0 aromatic rings. The number of amides is 1. The lowest BCUT2D eigenvalue weighted by molar-refractivity contribution is -0.141. The molecule has 0 bridgehead atoms. The molecule has 8 N–H and O–H groups in total. The van der Waals surface area contributed by atoms with E-state index in [2.05, 4.69) is 5.32 Å². The van der Waals surface area contributed by atoms with Gasteiger partial charge in [0.1, 0.15) is 12.1 Å². The van der Waals surface area contributed by atoms with Crippen molar-refractivity contribution >= 4 is 31.6 Å². The van der Waals surface area contributed by atoms with Gasteiger partial charge in [-0.15, -0.1) is 0 Å². The monoisotopic (exact) mass is 427 g/mol. The summed E-state index contributed by atoms with van der Waals surface area (Å²) in [6.07, 6.45) is -0.286. The zero-order valence-corrected chi connectivity index (χ0v) is 16.0. The smallest absolute Gasteiger partial charge is 0.403 e. The van der Waals surface area contributed by atoms with Crippen LogP contribution in [0.1, 0.15) is 38.5 Å². The number of nitrogens with two attached hydrogens (primary N) is 1. The molecular formula is C14H26N3O10P. The molecule has 0 radical (unpaired) electrons. The van der Waals surface area contributed by atoms with Crippen molar-refractivity contribution < 1.29 is 48.5 Å². The molecular weight excluding hydrogens is 401 g/mol. The summed E-state index contributed by atoms with van der Waals surface area (Å²) in [6, 6.07) is -2.67. The summed E-state index contributed by atoms with van der Waals surface area (Å²) < 4.78 is 16.5. The van der Waals surface area contributed by atoms with Crippen molar-refractivity contribution in [3.05, 3.63) is 0 Å². The molecule has 1 amide bonds. The fourth-order valence-corrected chi connectivity index (χ4v) is 2.97. The van der Waals surface area contributed by atoms with Crippen LogP contribution < -0.4 is 16.1 Å². The standard InChI is InChI=1S/C14H26N3O10P/c15-9(13(21)22)3-5-11(18)16-7-1-2-8-27-28(25,26)17-10(14(23)24)4-6-12(19)20/h9-10H,1-8,15H2,(H,16,18)(H,19,20)(H,21,22)(H,23,24)(H2,17,25,26)/t9-,10+/m0/s1.